The number of halogens is 1. The van der Waals surface area contributed by atoms with Gasteiger partial charge in [-0.1, -0.05) is 0 Å². The number of nitrogens with zero attached hydrogens (tertiary/aromatic N) is 1. The van der Waals surface area contributed by atoms with E-state index in [9.17, 15) is 22.4 Å². The summed E-state index contributed by atoms with van der Waals surface area (Å²) in [5.41, 5.74) is -0.291. The summed E-state index contributed by atoms with van der Waals surface area (Å²) >= 11 is 0. The van der Waals surface area contributed by atoms with Crippen molar-refractivity contribution in [3.8, 4) is 0 Å². The van der Waals surface area contributed by atoms with Crippen LogP contribution < -0.4 is 10.6 Å². The number of sulfone groups is 1. The molecular formula is C16H22FN3O4S. The third-order valence-corrected chi connectivity index (χ3v) is 5.80. The Balaban J connectivity index is 1.79. The van der Waals surface area contributed by atoms with E-state index in [2.05, 4.69) is 10.6 Å². The van der Waals surface area contributed by atoms with Crippen LogP contribution in [0, 0.1) is 5.82 Å². The first-order chi connectivity index (χ1) is 11.6. The molecule has 138 valence electrons. The Bertz CT molecular complexity index is 751. The van der Waals surface area contributed by atoms with E-state index < -0.39 is 21.2 Å². The molecule has 25 heavy (non-hydrogen) atoms. The summed E-state index contributed by atoms with van der Waals surface area (Å²) in [5.74, 6) is -1.07. The molecule has 1 aliphatic rings. The number of carbonyl (C=O) groups is 2. The number of rotatable bonds is 6. The van der Waals surface area contributed by atoms with Crippen molar-refractivity contribution in [2.24, 2.45) is 0 Å². The van der Waals surface area contributed by atoms with Crippen LogP contribution in [0.15, 0.2) is 24.3 Å². The van der Waals surface area contributed by atoms with Crippen LogP contribution in [0.3, 0.4) is 0 Å². The summed E-state index contributed by atoms with van der Waals surface area (Å²) in [6.07, 6.45) is 0.385. The van der Waals surface area contributed by atoms with Crippen molar-refractivity contribution in [2.45, 2.75) is 18.9 Å². The lowest BCUT2D eigenvalue weighted by Gasteiger charge is -2.25. The van der Waals surface area contributed by atoms with Gasteiger partial charge in [0.25, 0.3) is 0 Å². The van der Waals surface area contributed by atoms with Crippen LogP contribution in [-0.4, -0.2) is 62.3 Å². The standard InChI is InChI=1S/C16H22FN3O4S/c1-16(7-8-25(23,24)11-16)19-15(22)10-20(2)9-14(21)18-13-5-3-12(17)4-6-13/h3-6H,7-11H2,1-2H3,(H,18,21)(H,19,22)/t16-/m0/s1. The molecule has 0 aromatic heterocycles. The fourth-order valence-corrected chi connectivity index (χ4v) is 4.86. The molecule has 0 unspecified atom stereocenters. The van der Waals surface area contributed by atoms with Crippen molar-refractivity contribution in [1.82, 2.24) is 10.2 Å². The Kier molecular flexibility index (Phi) is 5.79. The normalized spacial score (nSPS) is 21.9. The molecule has 1 fully saturated rings. The van der Waals surface area contributed by atoms with E-state index in [4.69, 9.17) is 0 Å². The van der Waals surface area contributed by atoms with Crippen LogP contribution in [0.25, 0.3) is 0 Å². The summed E-state index contributed by atoms with van der Waals surface area (Å²) in [5, 5.41) is 5.34. The topological polar surface area (TPSA) is 95.6 Å². The van der Waals surface area contributed by atoms with Gasteiger partial charge in [0.05, 0.1) is 30.1 Å². The highest BCUT2D eigenvalue weighted by Gasteiger charge is 2.39. The summed E-state index contributed by atoms with van der Waals surface area (Å²) in [4.78, 5) is 25.5. The van der Waals surface area contributed by atoms with Crippen molar-refractivity contribution in [2.75, 3.05) is 37.0 Å². The molecule has 1 aromatic carbocycles. The average Bonchev–Trinajstić information content (AvgIpc) is 2.74. The Labute approximate surface area is 146 Å². The monoisotopic (exact) mass is 371 g/mol. The number of likely N-dealkylation sites (N-methyl/N-ethyl adjacent to an activating group) is 1. The smallest absolute Gasteiger partial charge is 0.238 e. The summed E-state index contributed by atoms with van der Waals surface area (Å²) in [6, 6.07) is 5.37. The zero-order chi connectivity index (χ0) is 18.7. The number of amides is 2. The van der Waals surface area contributed by atoms with Gasteiger partial charge in [-0.3, -0.25) is 14.5 Å². The number of benzene rings is 1. The quantitative estimate of drug-likeness (QED) is 0.754. The number of anilines is 1. The van der Waals surface area contributed by atoms with Crippen LogP contribution in [0.1, 0.15) is 13.3 Å². The number of hydrogen-bond acceptors (Lipinski definition) is 5. The van der Waals surface area contributed by atoms with Crippen molar-refractivity contribution < 1.29 is 22.4 Å². The van der Waals surface area contributed by atoms with Crippen LogP contribution in [0.4, 0.5) is 10.1 Å². The van der Waals surface area contributed by atoms with E-state index in [1.54, 1.807) is 14.0 Å². The molecule has 1 heterocycles. The van der Waals surface area contributed by atoms with Gasteiger partial charge in [0.2, 0.25) is 11.8 Å². The molecule has 2 N–H and O–H groups in total. The van der Waals surface area contributed by atoms with Crippen LogP contribution in [-0.2, 0) is 19.4 Å². The molecule has 0 bridgehead atoms. The number of hydrogen-bond donors (Lipinski definition) is 2. The van der Waals surface area contributed by atoms with Gasteiger partial charge >= 0.3 is 0 Å². The van der Waals surface area contributed by atoms with E-state index in [1.807, 2.05) is 0 Å². The zero-order valence-electron chi connectivity index (χ0n) is 14.2. The third-order valence-electron chi connectivity index (χ3n) is 3.90. The molecule has 0 saturated carbocycles. The average molecular weight is 371 g/mol. The maximum Gasteiger partial charge on any atom is 0.238 e. The van der Waals surface area contributed by atoms with Crippen LogP contribution in [0.2, 0.25) is 0 Å². The third kappa shape index (κ3) is 6.09. The second-order valence-electron chi connectivity index (χ2n) is 6.68. The van der Waals surface area contributed by atoms with Gasteiger partial charge in [-0.2, -0.15) is 0 Å². The van der Waals surface area contributed by atoms with Gasteiger partial charge in [-0.05, 0) is 44.7 Å². The maximum absolute atomic E-state index is 12.8. The molecule has 1 atom stereocenters. The maximum atomic E-state index is 12.8. The SMILES string of the molecule is CN(CC(=O)Nc1ccc(F)cc1)CC(=O)N[C@@]1(C)CCS(=O)(=O)C1. The molecule has 1 aliphatic heterocycles. The van der Waals surface area contributed by atoms with Crippen molar-refractivity contribution >= 4 is 27.3 Å². The minimum Gasteiger partial charge on any atom is -0.349 e. The highest BCUT2D eigenvalue weighted by molar-refractivity contribution is 7.91. The number of carbonyl (C=O) groups excluding carboxylic acids is 2. The van der Waals surface area contributed by atoms with Gasteiger partial charge in [0.1, 0.15) is 5.82 Å². The van der Waals surface area contributed by atoms with Crippen LogP contribution in [0.5, 0.6) is 0 Å². The fourth-order valence-electron chi connectivity index (χ4n) is 2.77. The Morgan fingerprint density at radius 2 is 1.80 bits per heavy atom. The first-order valence-corrected chi connectivity index (χ1v) is 9.64. The Hall–Kier alpha value is -2.00. The molecule has 7 nitrogen and oxygen atoms in total. The first-order valence-electron chi connectivity index (χ1n) is 7.82. The lowest BCUT2D eigenvalue weighted by molar-refractivity contribution is -0.124. The van der Waals surface area contributed by atoms with E-state index >= 15 is 0 Å². The minimum atomic E-state index is -3.10. The molecule has 0 spiro atoms. The van der Waals surface area contributed by atoms with E-state index in [1.165, 1.54) is 29.2 Å². The second kappa shape index (κ2) is 7.49. The molecule has 0 aliphatic carbocycles. The van der Waals surface area contributed by atoms with Gasteiger partial charge in [0.15, 0.2) is 9.84 Å². The lowest BCUT2D eigenvalue weighted by Crippen LogP contribution is -2.50. The van der Waals surface area contributed by atoms with Gasteiger partial charge < -0.3 is 10.6 Å². The molecule has 2 amide bonds. The van der Waals surface area contributed by atoms with Crippen LogP contribution >= 0.6 is 0 Å². The van der Waals surface area contributed by atoms with E-state index in [-0.39, 0.29) is 36.4 Å². The predicted molar refractivity (Wildman–Crippen MR) is 92.3 cm³/mol. The minimum absolute atomic E-state index is 0.0280. The summed E-state index contributed by atoms with van der Waals surface area (Å²) in [7, 11) is -1.50. The van der Waals surface area contributed by atoms with Gasteiger partial charge in [-0.15, -0.1) is 0 Å². The Morgan fingerprint density at radius 1 is 1.20 bits per heavy atom. The van der Waals surface area contributed by atoms with Gasteiger partial charge in [0, 0.05) is 5.69 Å². The summed E-state index contributed by atoms with van der Waals surface area (Å²) in [6.45, 7) is 1.64. The summed E-state index contributed by atoms with van der Waals surface area (Å²) < 4.78 is 35.9. The van der Waals surface area contributed by atoms with Crippen molar-refractivity contribution in [1.29, 1.82) is 0 Å². The molecule has 1 aromatic rings. The lowest BCUT2D eigenvalue weighted by atomic mass is 10.0. The fraction of sp³-hybridized carbons (Fsp3) is 0.500. The highest BCUT2D eigenvalue weighted by Crippen LogP contribution is 2.22. The molecular weight excluding hydrogens is 349 g/mol. The molecule has 9 heteroatoms. The second-order valence-corrected chi connectivity index (χ2v) is 8.86. The van der Waals surface area contributed by atoms with E-state index in [0.717, 1.165) is 0 Å². The van der Waals surface area contributed by atoms with Crippen molar-refractivity contribution in [3.05, 3.63) is 30.1 Å². The van der Waals surface area contributed by atoms with E-state index in [0.29, 0.717) is 12.1 Å². The zero-order valence-corrected chi connectivity index (χ0v) is 15.0. The largest absolute Gasteiger partial charge is 0.349 e. The molecule has 2 rings (SSSR count). The van der Waals surface area contributed by atoms with Crippen molar-refractivity contribution in [3.63, 3.8) is 0 Å². The first kappa shape index (κ1) is 19.3. The molecule has 1 saturated heterocycles. The van der Waals surface area contributed by atoms with Gasteiger partial charge in [-0.25, -0.2) is 12.8 Å². The predicted octanol–water partition coefficient (Wildman–Crippen LogP) is 0.389. The highest BCUT2D eigenvalue weighted by atomic mass is 32.2. The number of nitrogens with one attached hydrogen (secondary N) is 2. The Morgan fingerprint density at radius 3 is 2.36 bits per heavy atom. The molecule has 0 radical (unpaired) electrons.